The Morgan fingerprint density at radius 1 is 1.21 bits per heavy atom. The third kappa shape index (κ3) is 2.74. The lowest BCUT2D eigenvalue weighted by Crippen LogP contribution is -2.19. The Bertz CT molecular complexity index is 908. The maximum absolute atomic E-state index is 5.81. The van der Waals surface area contributed by atoms with E-state index in [1.54, 1.807) is 0 Å². The van der Waals surface area contributed by atoms with E-state index in [1.165, 1.54) is 0 Å². The Kier molecular flexibility index (Phi) is 3.70. The van der Waals surface area contributed by atoms with E-state index in [2.05, 4.69) is 4.98 Å². The zero-order chi connectivity index (χ0) is 16.5. The van der Waals surface area contributed by atoms with Crippen molar-refractivity contribution in [3.05, 3.63) is 48.3 Å². The summed E-state index contributed by atoms with van der Waals surface area (Å²) in [6.07, 6.45) is 0. The molecule has 0 fully saturated rings. The lowest BCUT2D eigenvalue weighted by atomic mass is 10.2. The van der Waals surface area contributed by atoms with E-state index in [0.29, 0.717) is 29.6 Å². The first-order valence-electron chi connectivity index (χ1n) is 7.45. The molecule has 0 saturated heterocycles. The zero-order valence-electron chi connectivity index (χ0n) is 12.8. The molecule has 1 aliphatic rings. The molecule has 6 nitrogen and oxygen atoms in total. The number of imidazole rings is 1. The summed E-state index contributed by atoms with van der Waals surface area (Å²) in [5.74, 6) is 2.91. The van der Waals surface area contributed by atoms with Crippen molar-refractivity contribution in [2.75, 3.05) is 6.79 Å². The van der Waals surface area contributed by atoms with Gasteiger partial charge in [-0.05, 0) is 12.1 Å². The summed E-state index contributed by atoms with van der Waals surface area (Å²) >= 11 is 5.08. The monoisotopic (exact) mass is 341 g/mol. The van der Waals surface area contributed by atoms with Gasteiger partial charge in [-0.1, -0.05) is 30.4 Å². The van der Waals surface area contributed by atoms with Crippen LogP contribution in [0.5, 0.6) is 17.2 Å². The van der Waals surface area contributed by atoms with Crippen molar-refractivity contribution in [3.8, 4) is 17.2 Å². The molecular formula is C17H15N3O3S. The molecule has 0 amide bonds. The molecule has 0 atom stereocenters. The summed E-state index contributed by atoms with van der Waals surface area (Å²) < 4.78 is 18.6. The van der Waals surface area contributed by atoms with E-state index < -0.39 is 0 Å². The average Bonchev–Trinajstić information content (AvgIpc) is 3.16. The maximum Gasteiger partial charge on any atom is 0.231 e. The molecule has 2 aromatic carbocycles. The van der Waals surface area contributed by atoms with Crippen molar-refractivity contribution in [3.63, 3.8) is 0 Å². The molecule has 7 heteroatoms. The molecule has 122 valence electrons. The molecule has 24 heavy (non-hydrogen) atoms. The zero-order valence-corrected chi connectivity index (χ0v) is 13.6. The van der Waals surface area contributed by atoms with E-state index in [9.17, 15) is 0 Å². The first-order valence-corrected chi connectivity index (χ1v) is 7.86. The highest BCUT2D eigenvalue weighted by Gasteiger charge is 2.19. The van der Waals surface area contributed by atoms with Gasteiger partial charge >= 0.3 is 0 Å². The number of rotatable bonds is 5. The van der Waals surface area contributed by atoms with Crippen LogP contribution in [0.1, 0.15) is 5.82 Å². The number of hydrogen-bond donors (Lipinski definition) is 1. The van der Waals surface area contributed by atoms with Gasteiger partial charge in [-0.25, -0.2) is 4.98 Å². The Morgan fingerprint density at radius 3 is 2.71 bits per heavy atom. The smallest absolute Gasteiger partial charge is 0.231 e. The van der Waals surface area contributed by atoms with Gasteiger partial charge in [-0.2, -0.15) is 0 Å². The number of nitrogens with two attached hydrogens (primary N) is 1. The van der Waals surface area contributed by atoms with Crippen LogP contribution in [0.4, 0.5) is 0 Å². The van der Waals surface area contributed by atoms with Crippen molar-refractivity contribution in [1.29, 1.82) is 0 Å². The van der Waals surface area contributed by atoms with Gasteiger partial charge in [0.15, 0.2) is 11.5 Å². The van der Waals surface area contributed by atoms with Crippen molar-refractivity contribution in [2.45, 2.75) is 13.2 Å². The summed E-state index contributed by atoms with van der Waals surface area (Å²) in [6.45, 7) is 0.924. The standard InChI is InChI=1S/C17H15N3O3S/c18-16(24)8-20-13-7-15-14(22-10-23-15)6-12(13)19-17(20)9-21-11-4-2-1-3-5-11/h1-7H,8-10H2,(H2,18,24). The van der Waals surface area contributed by atoms with Crippen LogP contribution in [-0.4, -0.2) is 21.3 Å². The van der Waals surface area contributed by atoms with Crippen LogP contribution >= 0.6 is 12.2 Å². The minimum absolute atomic E-state index is 0.223. The number of ether oxygens (including phenoxy) is 3. The number of fused-ring (bicyclic) bond motifs is 2. The first-order chi connectivity index (χ1) is 11.7. The number of thiocarbonyl (C=S) groups is 1. The molecule has 1 aliphatic heterocycles. The van der Waals surface area contributed by atoms with Gasteiger partial charge in [-0.3, -0.25) is 0 Å². The Morgan fingerprint density at radius 2 is 1.96 bits per heavy atom. The second-order valence-corrected chi connectivity index (χ2v) is 5.90. The predicted molar refractivity (Wildman–Crippen MR) is 93.4 cm³/mol. The number of nitrogens with zero attached hydrogens (tertiary/aromatic N) is 2. The molecule has 0 bridgehead atoms. The Hall–Kier alpha value is -2.80. The molecule has 0 unspecified atom stereocenters. The third-order valence-corrected chi connectivity index (χ3v) is 3.88. The van der Waals surface area contributed by atoms with Gasteiger partial charge in [0.1, 0.15) is 18.2 Å². The van der Waals surface area contributed by atoms with Crippen molar-refractivity contribution >= 4 is 28.2 Å². The summed E-state index contributed by atoms with van der Waals surface area (Å²) in [5.41, 5.74) is 7.43. The number of aromatic nitrogens is 2. The normalized spacial score (nSPS) is 12.5. The molecular weight excluding hydrogens is 326 g/mol. The molecule has 1 aromatic heterocycles. The number of para-hydroxylation sites is 1. The van der Waals surface area contributed by atoms with E-state index >= 15 is 0 Å². The summed E-state index contributed by atoms with van der Waals surface area (Å²) in [4.78, 5) is 5.03. The second kappa shape index (κ2) is 6.01. The van der Waals surface area contributed by atoms with Gasteiger partial charge in [-0.15, -0.1) is 0 Å². The van der Waals surface area contributed by atoms with E-state index in [0.717, 1.165) is 22.6 Å². The average molecular weight is 341 g/mol. The minimum Gasteiger partial charge on any atom is -0.486 e. The van der Waals surface area contributed by atoms with Crippen LogP contribution in [0.2, 0.25) is 0 Å². The molecule has 3 aromatic rings. The fourth-order valence-corrected chi connectivity index (χ4v) is 2.80. The Labute approximate surface area is 143 Å². The molecule has 2 heterocycles. The maximum atomic E-state index is 5.81. The summed E-state index contributed by atoms with van der Waals surface area (Å²) in [6, 6.07) is 13.3. The van der Waals surface area contributed by atoms with E-state index in [-0.39, 0.29) is 6.79 Å². The second-order valence-electron chi connectivity index (χ2n) is 5.38. The van der Waals surface area contributed by atoms with Crippen LogP contribution in [0.15, 0.2) is 42.5 Å². The van der Waals surface area contributed by atoms with Gasteiger partial charge < -0.3 is 24.5 Å². The summed E-state index contributed by atoms with van der Waals surface area (Å²) in [7, 11) is 0. The lowest BCUT2D eigenvalue weighted by Gasteiger charge is -2.09. The largest absolute Gasteiger partial charge is 0.486 e. The highest BCUT2D eigenvalue weighted by Crippen LogP contribution is 2.36. The predicted octanol–water partition coefficient (Wildman–Crippen LogP) is 2.63. The van der Waals surface area contributed by atoms with Crippen LogP contribution in [0.25, 0.3) is 11.0 Å². The topological polar surface area (TPSA) is 71.5 Å². The Balaban J connectivity index is 1.71. The molecule has 0 aliphatic carbocycles. The highest BCUT2D eigenvalue weighted by molar-refractivity contribution is 7.80. The fourth-order valence-electron chi connectivity index (χ4n) is 2.67. The lowest BCUT2D eigenvalue weighted by molar-refractivity contribution is 0.174. The van der Waals surface area contributed by atoms with Crippen molar-refractivity contribution < 1.29 is 14.2 Å². The number of benzene rings is 2. The third-order valence-electron chi connectivity index (χ3n) is 3.75. The van der Waals surface area contributed by atoms with Crippen LogP contribution in [-0.2, 0) is 13.2 Å². The van der Waals surface area contributed by atoms with Crippen molar-refractivity contribution in [2.24, 2.45) is 5.73 Å². The van der Waals surface area contributed by atoms with Gasteiger partial charge in [0.05, 0.1) is 22.6 Å². The fraction of sp³-hybridized carbons (Fsp3) is 0.176. The van der Waals surface area contributed by atoms with Gasteiger partial charge in [0, 0.05) is 12.1 Å². The van der Waals surface area contributed by atoms with Gasteiger partial charge in [0.25, 0.3) is 0 Å². The van der Waals surface area contributed by atoms with E-state index in [4.69, 9.17) is 32.2 Å². The highest BCUT2D eigenvalue weighted by atomic mass is 32.1. The van der Waals surface area contributed by atoms with Crippen LogP contribution in [0.3, 0.4) is 0 Å². The van der Waals surface area contributed by atoms with Gasteiger partial charge in [0.2, 0.25) is 6.79 Å². The first kappa shape index (κ1) is 14.8. The summed E-state index contributed by atoms with van der Waals surface area (Å²) in [5, 5.41) is 0. The number of hydrogen-bond acceptors (Lipinski definition) is 5. The molecule has 0 spiro atoms. The van der Waals surface area contributed by atoms with Crippen LogP contribution < -0.4 is 19.9 Å². The molecule has 0 radical (unpaired) electrons. The van der Waals surface area contributed by atoms with E-state index in [1.807, 2.05) is 47.0 Å². The van der Waals surface area contributed by atoms with Crippen molar-refractivity contribution in [1.82, 2.24) is 9.55 Å². The van der Waals surface area contributed by atoms with Crippen LogP contribution in [0, 0.1) is 0 Å². The SMILES string of the molecule is NC(=S)Cn1c(COc2ccccc2)nc2cc3c(cc21)OCO3. The molecule has 0 saturated carbocycles. The quantitative estimate of drug-likeness (QED) is 0.719. The molecule has 2 N–H and O–H groups in total. The minimum atomic E-state index is 0.223. The molecule has 4 rings (SSSR count).